The van der Waals surface area contributed by atoms with Gasteiger partial charge in [0.2, 0.25) is 0 Å². The predicted molar refractivity (Wildman–Crippen MR) is 161 cm³/mol. The summed E-state index contributed by atoms with van der Waals surface area (Å²) in [5.41, 5.74) is 0.576. The number of hydrogen-bond acceptors (Lipinski definition) is 7. The Kier molecular flexibility index (Phi) is 8.06. The number of Topliss-reactive ketones (excluding diaryl/α,β-unsaturated/α-hetero) is 1. The summed E-state index contributed by atoms with van der Waals surface area (Å²) in [7, 11) is 0. The van der Waals surface area contributed by atoms with Crippen molar-refractivity contribution >= 4 is 11.6 Å². The molecule has 0 unspecified atom stereocenters. The monoisotopic (exact) mass is 613 g/mol. The van der Waals surface area contributed by atoms with Gasteiger partial charge in [0.1, 0.15) is 12.8 Å². The van der Waals surface area contributed by atoms with Crippen molar-refractivity contribution in [1.29, 1.82) is 0 Å². The van der Waals surface area contributed by atoms with Crippen molar-refractivity contribution in [1.82, 2.24) is 0 Å². The number of allylic oxidation sites excluding steroid dienone is 8. The summed E-state index contributed by atoms with van der Waals surface area (Å²) in [4.78, 5) is 25.7. The normalized spacial score (nSPS) is 48.4. The largest absolute Gasteiger partial charge is 0.390 e. The van der Waals surface area contributed by atoms with Crippen molar-refractivity contribution in [3.63, 3.8) is 0 Å². The maximum Gasteiger partial charge on any atom is 0.193 e. The molecule has 0 spiro atoms. The van der Waals surface area contributed by atoms with E-state index in [0.29, 0.717) is 5.92 Å². The number of aliphatic hydroxyl groups is 2. The summed E-state index contributed by atoms with van der Waals surface area (Å²) in [6, 6.07) is 0.282. The number of ether oxygens (including phenoxy) is 2. The Balaban J connectivity index is 1.27. The number of fused-ring (bicyclic) bond motifs is 7. The van der Waals surface area contributed by atoms with Crippen molar-refractivity contribution in [2.45, 2.75) is 107 Å². The number of carbonyl (C=O) groups excluding carboxylic acids is 2. The minimum atomic E-state index is -2.28. The van der Waals surface area contributed by atoms with E-state index >= 15 is 8.78 Å². The summed E-state index contributed by atoms with van der Waals surface area (Å²) >= 11 is 0. The zero-order chi connectivity index (χ0) is 31.7. The summed E-state index contributed by atoms with van der Waals surface area (Å²) < 4.78 is 46.0. The Morgan fingerprint density at radius 3 is 2.61 bits per heavy atom. The lowest BCUT2D eigenvalue weighted by Crippen LogP contribution is -2.70. The van der Waals surface area contributed by atoms with Gasteiger partial charge in [-0.15, -0.1) is 0 Å². The number of ketones is 2. The molecule has 10 atom stereocenters. The first kappa shape index (κ1) is 31.7. The maximum atomic E-state index is 17.5. The fourth-order valence-corrected chi connectivity index (χ4v) is 9.89. The molecule has 1 heterocycles. The molecule has 240 valence electrons. The average molecular weight is 614 g/mol. The highest BCUT2D eigenvalue weighted by molar-refractivity contribution is 6.01. The van der Waals surface area contributed by atoms with E-state index in [2.05, 4.69) is 6.58 Å². The standard InChI is InChI=1S/C35H45F2NO6/c1-4-20(14-21-8-10-22(38)11-9-21)6-5-7-31-43-30-17-24-25-16-27(36)26-15-23(40)12-13-32(26,2)34(25,37)28(41)18-33(24,3)35(30,44-31)29(42)19-39/h4-7,12-13,15,21-22,24-25,27-28,30-31,39,41H,1,8-11,14,16-19,38H2,2-3H3/b7-5+,20-6+/t21?,22?,24-,25-,27-,28-,30+,31+,32-,33-,34-,35+/m0/s1. The Labute approximate surface area is 257 Å². The lowest BCUT2D eigenvalue weighted by Gasteiger charge is -2.63. The van der Waals surface area contributed by atoms with Gasteiger partial charge >= 0.3 is 0 Å². The van der Waals surface area contributed by atoms with Crippen LogP contribution in [0.4, 0.5) is 8.78 Å². The van der Waals surface area contributed by atoms with E-state index in [4.69, 9.17) is 15.2 Å². The lowest BCUT2D eigenvalue weighted by atomic mass is 9.44. The van der Waals surface area contributed by atoms with E-state index < -0.39 is 76.8 Å². The molecule has 44 heavy (non-hydrogen) atoms. The zero-order valence-electron chi connectivity index (χ0n) is 25.6. The molecule has 0 bridgehead atoms. The first-order chi connectivity index (χ1) is 20.8. The van der Waals surface area contributed by atoms with Crippen LogP contribution in [0.15, 0.2) is 60.3 Å². The topological polar surface area (TPSA) is 119 Å². The molecule has 0 amide bonds. The second-order valence-electron chi connectivity index (χ2n) is 14.3. The molecular formula is C35H45F2NO6. The van der Waals surface area contributed by atoms with Gasteiger partial charge in [-0.3, -0.25) is 9.59 Å². The van der Waals surface area contributed by atoms with E-state index in [1.54, 1.807) is 19.9 Å². The molecular weight excluding hydrogens is 568 g/mol. The average Bonchev–Trinajstić information content (AvgIpc) is 3.48. The van der Waals surface area contributed by atoms with Crippen LogP contribution >= 0.6 is 0 Å². The van der Waals surface area contributed by atoms with Gasteiger partial charge in [-0.25, -0.2) is 8.78 Å². The molecule has 4 saturated carbocycles. The number of hydrogen-bond donors (Lipinski definition) is 3. The Morgan fingerprint density at radius 1 is 1.20 bits per heavy atom. The number of halogens is 2. The first-order valence-corrected chi connectivity index (χ1v) is 16.0. The van der Waals surface area contributed by atoms with Gasteiger partial charge < -0.3 is 25.4 Å². The van der Waals surface area contributed by atoms with E-state index in [-0.39, 0.29) is 30.9 Å². The number of aliphatic hydroxyl groups excluding tert-OH is 2. The van der Waals surface area contributed by atoms with Gasteiger partial charge in [0.05, 0.1) is 12.2 Å². The van der Waals surface area contributed by atoms with E-state index in [1.807, 2.05) is 18.2 Å². The molecule has 4 N–H and O–H groups in total. The SMILES string of the molecule is C=C/C(=C\C=C\[C@@H]1O[C@@H]2C[C@H]3[C@@H]4C[C@H](F)C5=CC(=O)C=C[C@]5(C)[C@@]4(F)[C@@H](O)C[C@]3(C)[C@]2(C(=O)CO)O1)CC1CCC(N)CC1. The minimum Gasteiger partial charge on any atom is -0.390 e. The molecule has 0 aromatic heterocycles. The van der Waals surface area contributed by atoms with E-state index in [9.17, 15) is 19.8 Å². The van der Waals surface area contributed by atoms with E-state index in [0.717, 1.165) is 43.8 Å². The molecule has 5 aliphatic carbocycles. The van der Waals surface area contributed by atoms with Crippen LogP contribution in [0.25, 0.3) is 0 Å². The van der Waals surface area contributed by atoms with Gasteiger partial charge in [-0.1, -0.05) is 37.8 Å². The van der Waals surface area contributed by atoms with Crippen LogP contribution in [0.3, 0.4) is 0 Å². The van der Waals surface area contributed by atoms with Crippen molar-refractivity contribution in [2.75, 3.05) is 6.61 Å². The second-order valence-corrected chi connectivity index (χ2v) is 14.3. The molecule has 0 aromatic rings. The first-order valence-electron chi connectivity index (χ1n) is 16.0. The van der Waals surface area contributed by atoms with Crippen LogP contribution in [0, 0.1) is 28.6 Å². The molecule has 7 nitrogen and oxygen atoms in total. The molecule has 6 aliphatic rings. The van der Waals surface area contributed by atoms with Gasteiger partial charge in [0.25, 0.3) is 0 Å². The molecule has 9 heteroatoms. The van der Waals surface area contributed by atoms with E-state index in [1.165, 1.54) is 12.2 Å². The fraction of sp³-hybridized carbons (Fsp3) is 0.657. The maximum absolute atomic E-state index is 17.5. The number of rotatable bonds is 7. The third-order valence-electron chi connectivity index (χ3n) is 12.2. The van der Waals surface area contributed by atoms with Crippen molar-refractivity contribution in [2.24, 2.45) is 34.3 Å². The van der Waals surface area contributed by atoms with Gasteiger partial charge in [-0.05, 0) is 99.5 Å². The van der Waals surface area contributed by atoms with Crippen LogP contribution in [0.5, 0.6) is 0 Å². The summed E-state index contributed by atoms with van der Waals surface area (Å²) in [5.74, 6) is -2.01. The van der Waals surface area contributed by atoms with Gasteiger partial charge in [0, 0.05) is 22.8 Å². The summed E-state index contributed by atoms with van der Waals surface area (Å²) in [6.45, 7) is 6.46. The van der Waals surface area contributed by atoms with Crippen LogP contribution < -0.4 is 5.73 Å². The van der Waals surface area contributed by atoms with Crippen LogP contribution in [0.1, 0.15) is 65.2 Å². The Bertz CT molecular complexity index is 1330. The second kappa shape index (κ2) is 11.2. The quantitative estimate of drug-likeness (QED) is 0.361. The molecule has 6 rings (SSSR count). The summed E-state index contributed by atoms with van der Waals surface area (Å²) in [6.07, 6.45) is 11.1. The number of carbonyl (C=O) groups is 2. The Hall–Kier alpha value is -2.30. The molecule has 1 aliphatic heterocycles. The highest BCUT2D eigenvalue weighted by atomic mass is 19.1. The van der Waals surface area contributed by atoms with Gasteiger partial charge in [-0.2, -0.15) is 0 Å². The highest BCUT2D eigenvalue weighted by Gasteiger charge is 2.79. The van der Waals surface area contributed by atoms with Crippen molar-refractivity contribution in [3.8, 4) is 0 Å². The summed E-state index contributed by atoms with van der Waals surface area (Å²) in [5, 5.41) is 21.7. The lowest BCUT2D eigenvalue weighted by molar-refractivity contribution is -0.230. The molecule has 1 saturated heterocycles. The third-order valence-corrected chi connectivity index (χ3v) is 12.2. The predicted octanol–water partition coefficient (Wildman–Crippen LogP) is 4.53. The van der Waals surface area contributed by atoms with Crippen LogP contribution in [-0.2, 0) is 19.1 Å². The third kappa shape index (κ3) is 4.44. The van der Waals surface area contributed by atoms with Crippen LogP contribution in [-0.4, -0.2) is 70.4 Å². The van der Waals surface area contributed by atoms with Crippen molar-refractivity contribution < 1.29 is 38.1 Å². The highest BCUT2D eigenvalue weighted by Crippen LogP contribution is 2.72. The number of nitrogens with two attached hydrogens (primary N) is 1. The van der Waals surface area contributed by atoms with Crippen LogP contribution in [0.2, 0.25) is 0 Å². The van der Waals surface area contributed by atoms with Gasteiger partial charge in [0.15, 0.2) is 29.1 Å². The Morgan fingerprint density at radius 2 is 1.93 bits per heavy atom. The smallest absolute Gasteiger partial charge is 0.193 e. The van der Waals surface area contributed by atoms with Crippen molar-refractivity contribution in [3.05, 3.63) is 60.3 Å². The molecule has 5 fully saturated rings. The minimum absolute atomic E-state index is 0.0439. The fourth-order valence-electron chi connectivity index (χ4n) is 9.89. The zero-order valence-corrected chi connectivity index (χ0v) is 25.6. The number of alkyl halides is 2. The molecule has 0 radical (unpaired) electrons. The molecule has 0 aromatic carbocycles.